The van der Waals surface area contributed by atoms with Gasteiger partial charge in [-0.2, -0.15) is 0 Å². The van der Waals surface area contributed by atoms with Gasteiger partial charge in [0, 0.05) is 30.2 Å². The molecule has 0 radical (unpaired) electrons. The topological polar surface area (TPSA) is 54.5 Å². The van der Waals surface area contributed by atoms with Crippen LogP contribution in [0.25, 0.3) is 5.57 Å². The largest absolute Gasteiger partial charge is 0.325 e. The van der Waals surface area contributed by atoms with Crippen molar-refractivity contribution in [2.75, 3.05) is 7.05 Å². The van der Waals surface area contributed by atoms with Gasteiger partial charge in [-0.25, -0.2) is 0 Å². The average Bonchev–Trinajstić information content (AvgIpc) is 2.97. The molecule has 1 spiro atoms. The van der Waals surface area contributed by atoms with Gasteiger partial charge < -0.3 is 4.90 Å². The Balaban J connectivity index is 1.74. The minimum Gasteiger partial charge on any atom is -0.325 e. The molecule has 0 saturated carbocycles. The van der Waals surface area contributed by atoms with Gasteiger partial charge in [0.15, 0.2) is 11.6 Å². The van der Waals surface area contributed by atoms with Crippen molar-refractivity contribution in [2.45, 2.75) is 25.3 Å². The lowest BCUT2D eigenvalue weighted by Crippen LogP contribution is -2.43. The fourth-order valence-electron chi connectivity index (χ4n) is 4.17. The average molecular weight is 397 g/mol. The fourth-order valence-corrected chi connectivity index (χ4v) is 4.17. The predicted octanol–water partition coefficient (Wildman–Crippen LogP) is 4.32. The molecule has 4 heteroatoms. The van der Waals surface area contributed by atoms with E-state index in [1.807, 2.05) is 61.5 Å². The molecule has 0 atom stereocenters. The highest BCUT2D eigenvalue weighted by Crippen LogP contribution is 2.45. The first kappa shape index (κ1) is 19.8. The number of ketones is 2. The summed E-state index contributed by atoms with van der Waals surface area (Å²) in [5.41, 5.74) is 3.31. The van der Waals surface area contributed by atoms with Gasteiger partial charge >= 0.3 is 0 Å². The Kier molecular flexibility index (Phi) is 5.08. The molecule has 0 unspecified atom stereocenters. The van der Waals surface area contributed by atoms with Crippen LogP contribution in [0.4, 0.5) is 0 Å². The smallest absolute Gasteiger partial charge is 0.251 e. The highest BCUT2D eigenvalue weighted by atomic mass is 16.2. The number of aryl methyl sites for hydroxylation is 1. The predicted molar refractivity (Wildman–Crippen MR) is 117 cm³/mol. The van der Waals surface area contributed by atoms with Crippen molar-refractivity contribution >= 4 is 23.0 Å². The molecule has 0 bridgehead atoms. The number of allylic oxidation sites excluding steroid dienone is 2. The van der Waals surface area contributed by atoms with E-state index in [1.54, 1.807) is 24.1 Å². The van der Waals surface area contributed by atoms with Crippen LogP contribution >= 0.6 is 0 Å². The Bertz CT molecular complexity index is 1090. The second kappa shape index (κ2) is 7.71. The molecular weight excluding hydrogens is 374 g/mol. The maximum Gasteiger partial charge on any atom is 0.251 e. The van der Waals surface area contributed by atoms with Crippen LogP contribution in [0.3, 0.4) is 0 Å². The maximum atomic E-state index is 13.2. The third kappa shape index (κ3) is 3.35. The molecule has 2 aliphatic rings. The first-order valence-electron chi connectivity index (χ1n) is 10.0. The SMILES string of the molecule is Cc1ccc(C(=O)CCC2=C(c3ccccc3)C3(C=CC(=O)C=C3)N(C)C2=O)cc1. The minimum atomic E-state index is -0.811. The first-order chi connectivity index (χ1) is 14.4. The molecule has 4 nitrogen and oxygen atoms in total. The summed E-state index contributed by atoms with van der Waals surface area (Å²) in [6, 6.07) is 17.2. The van der Waals surface area contributed by atoms with Crippen LogP contribution in [0.15, 0.2) is 84.5 Å². The van der Waals surface area contributed by atoms with Crippen molar-refractivity contribution in [3.8, 4) is 0 Å². The number of likely N-dealkylation sites (N-methyl/N-ethyl adjacent to an activating group) is 1. The molecule has 1 heterocycles. The zero-order chi connectivity index (χ0) is 21.3. The van der Waals surface area contributed by atoms with Gasteiger partial charge in [-0.15, -0.1) is 0 Å². The second-order valence-corrected chi connectivity index (χ2v) is 7.77. The van der Waals surface area contributed by atoms with Crippen molar-refractivity contribution in [1.82, 2.24) is 4.90 Å². The van der Waals surface area contributed by atoms with Crippen molar-refractivity contribution in [2.24, 2.45) is 0 Å². The lowest BCUT2D eigenvalue weighted by Gasteiger charge is -2.35. The number of hydrogen-bond acceptors (Lipinski definition) is 3. The number of rotatable bonds is 5. The molecule has 4 rings (SSSR count). The third-order valence-electron chi connectivity index (χ3n) is 5.86. The normalized spacial score (nSPS) is 17.3. The van der Waals surface area contributed by atoms with Crippen molar-refractivity contribution in [3.63, 3.8) is 0 Å². The van der Waals surface area contributed by atoms with Gasteiger partial charge in [0.1, 0.15) is 5.54 Å². The summed E-state index contributed by atoms with van der Waals surface area (Å²) in [6.07, 6.45) is 7.17. The highest BCUT2D eigenvalue weighted by molar-refractivity contribution is 6.13. The zero-order valence-electron chi connectivity index (χ0n) is 17.1. The number of hydrogen-bond donors (Lipinski definition) is 0. The molecule has 1 aliphatic heterocycles. The first-order valence-corrected chi connectivity index (χ1v) is 10.0. The number of nitrogens with zero attached hydrogens (tertiary/aromatic N) is 1. The van der Waals surface area contributed by atoms with Crippen molar-refractivity contribution in [1.29, 1.82) is 0 Å². The van der Waals surface area contributed by atoms with E-state index in [0.29, 0.717) is 17.6 Å². The lowest BCUT2D eigenvalue weighted by atomic mass is 9.80. The second-order valence-electron chi connectivity index (χ2n) is 7.77. The van der Waals surface area contributed by atoms with Gasteiger partial charge in [0.25, 0.3) is 5.91 Å². The van der Waals surface area contributed by atoms with E-state index in [9.17, 15) is 14.4 Å². The Morgan fingerprint density at radius 1 is 0.933 bits per heavy atom. The summed E-state index contributed by atoms with van der Waals surface area (Å²) in [7, 11) is 1.74. The van der Waals surface area contributed by atoms with Gasteiger partial charge in [-0.1, -0.05) is 60.2 Å². The van der Waals surface area contributed by atoms with E-state index in [4.69, 9.17) is 0 Å². The van der Waals surface area contributed by atoms with Gasteiger partial charge in [0.2, 0.25) is 0 Å². The third-order valence-corrected chi connectivity index (χ3v) is 5.86. The molecule has 0 fully saturated rings. The minimum absolute atomic E-state index is 0.0104. The quantitative estimate of drug-likeness (QED) is 0.706. The molecule has 2 aromatic rings. The fraction of sp³-hybridized carbons (Fsp3) is 0.192. The Morgan fingerprint density at radius 2 is 1.57 bits per heavy atom. The van der Waals surface area contributed by atoms with Crippen LogP contribution in [0, 0.1) is 6.92 Å². The van der Waals surface area contributed by atoms with E-state index in [1.165, 1.54) is 12.2 Å². The van der Waals surface area contributed by atoms with Crippen LogP contribution in [0.5, 0.6) is 0 Å². The zero-order valence-corrected chi connectivity index (χ0v) is 17.1. The molecule has 1 aliphatic carbocycles. The van der Waals surface area contributed by atoms with Crippen molar-refractivity contribution in [3.05, 3.63) is 101 Å². The van der Waals surface area contributed by atoms with Crippen LogP contribution in [0.1, 0.15) is 34.3 Å². The standard InChI is InChI=1S/C26H23NO3/c1-18-8-10-19(11-9-18)23(29)13-12-22-24(20-6-4-3-5-7-20)26(27(2)25(22)30)16-14-21(28)15-17-26/h3-11,14-17H,12-13H2,1-2H3. The van der Waals surface area contributed by atoms with Crippen LogP contribution in [-0.4, -0.2) is 35.0 Å². The van der Waals surface area contributed by atoms with E-state index < -0.39 is 5.54 Å². The van der Waals surface area contributed by atoms with E-state index >= 15 is 0 Å². The molecule has 2 aromatic carbocycles. The van der Waals surface area contributed by atoms with Crippen molar-refractivity contribution < 1.29 is 14.4 Å². The van der Waals surface area contributed by atoms with Gasteiger partial charge in [-0.3, -0.25) is 14.4 Å². The molecular formula is C26H23NO3. The molecule has 0 N–H and O–H groups in total. The molecule has 0 aromatic heterocycles. The van der Waals surface area contributed by atoms with Crippen LogP contribution in [-0.2, 0) is 9.59 Å². The summed E-state index contributed by atoms with van der Waals surface area (Å²) in [5.74, 6) is -0.206. The Hall–Kier alpha value is -3.53. The van der Waals surface area contributed by atoms with Gasteiger partial charge in [0.05, 0.1) is 0 Å². The number of benzene rings is 2. The Labute approximate surface area is 176 Å². The Morgan fingerprint density at radius 3 is 2.20 bits per heavy atom. The molecule has 0 saturated heterocycles. The van der Waals surface area contributed by atoms with E-state index in [0.717, 1.165) is 16.7 Å². The van der Waals surface area contributed by atoms with Crippen LogP contribution < -0.4 is 0 Å². The van der Waals surface area contributed by atoms with E-state index in [2.05, 4.69) is 0 Å². The summed E-state index contributed by atoms with van der Waals surface area (Å²) in [4.78, 5) is 39.4. The summed E-state index contributed by atoms with van der Waals surface area (Å²) in [6.45, 7) is 1.98. The summed E-state index contributed by atoms with van der Waals surface area (Å²) < 4.78 is 0. The number of amides is 1. The molecule has 30 heavy (non-hydrogen) atoms. The number of Topliss-reactive ketones (excluding diaryl/α,β-unsaturated/α-hetero) is 1. The monoisotopic (exact) mass is 397 g/mol. The molecule has 1 amide bonds. The van der Waals surface area contributed by atoms with Gasteiger partial charge in [-0.05, 0) is 43.2 Å². The number of carbonyl (C=O) groups is 3. The van der Waals surface area contributed by atoms with Crippen LogP contribution in [0.2, 0.25) is 0 Å². The number of carbonyl (C=O) groups excluding carboxylic acids is 3. The highest BCUT2D eigenvalue weighted by Gasteiger charge is 2.47. The molecule has 150 valence electrons. The summed E-state index contributed by atoms with van der Waals surface area (Å²) >= 11 is 0. The maximum absolute atomic E-state index is 13.2. The lowest BCUT2D eigenvalue weighted by molar-refractivity contribution is -0.126. The van der Waals surface area contributed by atoms with E-state index in [-0.39, 0.29) is 23.9 Å². The summed E-state index contributed by atoms with van der Waals surface area (Å²) in [5, 5.41) is 0.